The van der Waals surface area contributed by atoms with Crippen LogP contribution in [0.4, 0.5) is 0 Å². The topological polar surface area (TPSA) is 18.5 Å². The van der Waals surface area contributed by atoms with Gasteiger partial charge in [0.15, 0.2) is 0 Å². The average molecular weight is 751 g/mol. The molecule has 0 heterocycles. The van der Waals surface area contributed by atoms with Crippen LogP contribution < -0.4 is 9.47 Å². The van der Waals surface area contributed by atoms with Crippen molar-refractivity contribution in [2.24, 2.45) is 0 Å². The third kappa shape index (κ3) is 9.94. The van der Waals surface area contributed by atoms with Crippen LogP contribution in [0.2, 0.25) is 0 Å². The van der Waals surface area contributed by atoms with E-state index < -0.39 is 0 Å². The molecule has 0 aliphatic heterocycles. The fourth-order valence-corrected chi connectivity index (χ4v) is 7.11. The van der Waals surface area contributed by atoms with E-state index in [0.29, 0.717) is 0 Å². The first-order valence-corrected chi connectivity index (χ1v) is 20.1. The van der Waals surface area contributed by atoms with Gasteiger partial charge in [-0.15, -0.1) is 0 Å². The quantitative estimate of drug-likeness (QED) is 0.139. The van der Waals surface area contributed by atoms with Crippen molar-refractivity contribution in [1.29, 1.82) is 0 Å². The smallest absolute Gasteiger partial charge is 0.127 e. The molecular formula is C55H58O2. The molecule has 7 aromatic rings. The Hall–Kier alpha value is -5.86. The summed E-state index contributed by atoms with van der Waals surface area (Å²) >= 11 is 0. The Morgan fingerprint density at radius 1 is 0.228 bits per heavy atom. The second kappa shape index (κ2) is 17.1. The maximum atomic E-state index is 5.97. The number of benzene rings is 7. The monoisotopic (exact) mass is 750 g/mol. The van der Waals surface area contributed by atoms with Crippen LogP contribution in [0, 0.1) is 27.7 Å². The molecule has 7 aromatic carbocycles. The van der Waals surface area contributed by atoms with Gasteiger partial charge >= 0.3 is 0 Å². The molecule has 0 N–H and O–H groups in total. The van der Waals surface area contributed by atoms with E-state index in [-0.39, 0.29) is 16.2 Å². The summed E-state index contributed by atoms with van der Waals surface area (Å²) in [5.74, 6) is 3.37. The number of aryl methyl sites for hydroxylation is 4. The lowest BCUT2D eigenvalue weighted by molar-refractivity contribution is 0.481. The molecule has 0 saturated heterocycles. The second-order valence-electron chi connectivity index (χ2n) is 17.1. The largest absolute Gasteiger partial charge is 0.457 e. The highest BCUT2D eigenvalue weighted by molar-refractivity contribution is 5.46. The lowest BCUT2D eigenvalue weighted by Gasteiger charge is -2.29. The van der Waals surface area contributed by atoms with Gasteiger partial charge in [0.1, 0.15) is 23.0 Å². The molecule has 0 unspecified atom stereocenters. The maximum Gasteiger partial charge on any atom is 0.127 e. The molecule has 0 fully saturated rings. The molecule has 290 valence electrons. The Bertz CT molecular complexity index is 2160. The molecule has 0 amide bonds. The van der Waals surface area contributed by atoms with Gasteiger partial charge in [0, 0.05) is 16.2 Å². The minimum Gasteiger partial charge on any atom is -0.457 e. The summed E-state index contributed by atoms with van der Waals surface area (Å²) in [6.07, 6.45) is 0. The summed E-state index contributed by atoms with van der Waals surface area (Å²) in [6, 6.07) is 59.9. The van der Waals surface area contributed by atoms with E-state index in [1.54, 1.807) is 0 Å². The maximum absolute atomic E-state index is 5.97. The lowest BCUT2D eigenvalue weighted by Crippen LogP contribution is -2.21. The molecule has 0 radical (unpaired) electrons. The first kappa shape index (κ1) is 40.8. The minimum atomic E-state index is -0.134. The van der Waals surface area contributed by atoms with Gasteiger partial charge in [0.05, 0.1) is 0 Å². The van der Waals surface area contributed by atoms with Gasteiger partial charge in [-0.2, -0.15) is 0 Å². The van der Waals surface area contributed by atoms with Crippen LogP contribution in [-0.2, 0) is 16.2 Å². The van der Waals surface area contributed by atoms with Crippen molar-refractivity contribution in [2.45, 2.75) is 85.5 Å². The van der Waals surface area contributed by atoms with Gasteiger partial charge in [0.2, 0.25) is 0 Å². The summed E-state index contributed by atoms with van der Waals surface area (Å²) in [6.45, 7) is 22.1. The van der Waals surface area contributed by atoms with E-state index in [1.807, 2.05) is 48.5 Å². The lowest BCUT2D eigenvalue weighted by atomic mass is 9.74. The minimum absolute atomic E-state index is 0.000230. The van der Waals surface area contributed by atoms with Crippen molar-refractivity contribution in [3.63, 3.8) is 0 Å². The van der Waals surface area contributed by atoms with E-state index in [4.69, 9.17) is 9.47 Å². The van der Waals surface area contributed by atoms with Gasteiger partial charge < -0.3 is 9.47 Å². The van der Waals surface area contributed by atoms with Crippen LogP contribution in [0.5, 0.6) is 23.0 Å². The SMILES string of the molecule is Cc1ccc(C(C)(C)c2ccc(C(C)(C)c3ccc(C)cc3)cc2)cc1.Cc1ccc(Oc2ccc(C(C)(C)c3ccc(Oc4ccc(C)cc4)cc3)cc2)cc1. The van der Waals surface area contributed by atoms with Crippen molar-refractivity contribution in [3.05, 3.63) is 225 Å². The van der Waals surface area contributed by atoms with Crippen molar-refractivity contribution in [2.75, 3.05) is 0 Å². The van der Waals surface area contributed by atoms with Crippen molar-refractivity contribution in [3.8, 4) is 23.0 Å². The number of ether oxygens (including phenoxy) is 2. The van der Waals surface area contributed by atoms with E-state index in [2.05, 4.69) is 191 Å². The highest BCUT2D eigenvalue weighted by atomic mass is 16.5. The standard InChI is InChI=1S/C29H28O2.C26H30/c1-21-5-13-25(14-6-21)30-27-17-9-23(10-18-27)29(3,4)24-11-19-28(20-12-24)31-26-15-7-22(2)8-16-26;1-19-7-11-21(12-8-19)25(3,4)23-15-17-24(18-16-23)26(5,6)22-13-9-20(2)10-14-22/h5-20H,1-4H3;7-18H,1-6H3. The molecule has 7 rings (SSSR count). The van der Waals surface area contributed by atoms with Crippen LogP contribution >= 0.6 is 0 Å². The molecule has 0 atom stereocenters. The summed E-state index contributed by atoms with van der Waals surface area (Å²) < 4.78 is 11.9. The zero-order chi connectivity index (χ0) is 40.8. The third-order valence-corrected chi connectivity index (χ3v) is 11.5. The highest BCUT2D eigenvalue weighted by Crippen LogP contribution is 2.37. The molecule has 0 aromatic heterocycles. The molecular weight excluding hydrogens is 693 g/mol. The molecule has 0 spiro atoms. The van der Waals surface area contributed by atoms with Gasteiger partial charge in [-0.1, -0.05) is 185 Å². The normalized spacial score (nSPS) is 11.7. The van der Waals surface area contributed by atoms with E-state index in [0.717, 1.165) is 23.0 Å². The molecule has 0 aliphatic carbocycles. The first-order chi connectivity index (χ1) is 27.1. The third-order valence-electron chi connectivity index (χ3n) is 11.5. The highest BCUT2D eigenvalue weighted by Gasteiger charge is 2.27. The summed E-state index contributed by atoms with van der Waals surface area (Å²) in [5, 5.41) is 0. The zero-order valence-electron chi connectivity index (χ0n) is 35.5. The van der Waals surface area contributed by atoms with Crippen molar-refractivity contribution < 1.29 is 9.47 Å². The summed E-state index contributed by atoms with van der Waals surface area (Å²) in [4.78, 5) is 0. The molecule has 57 heavy (non-hydrogen) atoms. The van der Waals surface area contributed by atoms with E-state index in [9.17, 15) is 0 Å². The molecule has 0 aliphatic rings. The van der Waals surface area contributed by atoms with Crippen LogP contribution in [-0.4, -0.2) is 0 Å². The zero-order valence-corrected chi connectivity index (χ0v) is 35.5. The predicted molar refractivity (Wildman–Crippen MR) is 241 cm³/mol. The van der Waals surface area contributed by atoms with Gasteiger partial charge in [-0.25, -0.2) is 0 Å². The predicted octanol–water partition coefficient (Wildman–Crippen LogP) is 15.2. The van der Waals surface area contributed by atoms with Crippen LogP contribution in [0.25, 0.3) is 0 Å². The molecule has 2 heteroatoms. The van der Waals surface area contributed by atoms with Crippen LogP contribution in [0.15, 0.2) is 170 Å². The van der Waals surface area contributed by atoms with Gasteiger partial charge in [-0.3, -0.25) is 0 Å². The number of hydrogen-bond donors (Lipinski definition) is 0. The number of hydrogen-bond acceptors (Lipinski definition) is 2. The number of rotatable bonds is 10. The fourth-order valence-electron chi connectivity index (χ4n) is 7.11. The molecule has 0 bridgehead atoms. The van der Waals surface area contributed by atoms with E-state index in [1.165, 1.54) is 55.6 Å². The second-order valence-corrected chi connectivity index (χ2v) is 17.1. The van der Waals surface area contributed by atoms with Crippen molar-refractivity contribution in [1.82, 2.24) is 0 Å². The van der Waals surface area contributed by atoms with E-state index >= 15 is 0 Å². The van der Waals surface area contributed by atoms with Gasteiger partial charge in [0.25, 0.3) is 0 Å². The molecule has 2 nitrogen and oxygen atoms in total. The summed E-state index contributed by atoms with van der Waals surface area (Å²) in [5.41, 5.74) is 12.8. The Balaban J connectivity index is 0.000000196. The average Bonchev–Trinajstić information content (AvgIpc) is 3.21. The molecule has 0 saturated carbocycles. The Labute approximate surface area is 342 Å². The summed E-state index contributed by atoms with van der Waals surface area (Å²) in [7, 11) is 0. The Kier molecular flexibility index (Phi) is 12.2. The Morgan fingerprint density at radius 3 is 0.579 bits per heavy atom. The van der Waals surface area contributed by atoms with Gasteiger partial charge in [-0.05, 0) is 110 Å². The van der Waals surface area contributed by atoms with Crippen molar-refractivity contribution >= 4 is 0 Å². The van der Waals surface area contributed by atoms with Crippen LogP contribution in [0.1, 0.15) is 97.2 Å². The Morgan fingerprint density at radius 2 is 0.368 bits per heavy atom. The fraction of sp³-hybridized carbons (Fsp3) is 0.236. The van der Waals surface area contributed by atoms with Crippen LogP contribution in [0.3, 0.4) is 0 Å². The first-order valence-electron chi connectivity index (χ1n) is 20.1.